The summed E-state index contributed by atoms with van der Waals surface area (Å²) in [6.07, 6.45) is 3.43. The van der Waals surface area contributed by atoms with Crippen LogP contribution in [-0.2, 0) is 6.54 Å². The standard InChI is InChI=1S/C11H15N3O/c1-8(2)13(3)14-7-9-6-12-5-4-10(9)11(14)15/h4-6,8H,7H2,1-3H3. The van der Waals surface area contributed by atoms with Crippen molar-refractivity contribution >= 4 is 5.91 Å². The van der Waals surface area contributed by atoms with Crippen molar-refractivity contribution in [3.63, 3.8) is 0 Å². The molecule has 0 aliphatic carbocycles. The monoisotopic (exact) mass is 205 g/mol. The van der Waals surface area contributed by atoms with Gasteiger partial charge in [-0.25, -0.2) is 5.01 Å². The normalized spacial score (nSPS) is 15.3. The Morgan fingerprint density at radius 1 is 1.53 bits per heavy atom. The lowest BCUT2D eigenvalue weighted by atomic mass is 10.2. The summed E-state index contributed by atoms with van der Waals surface area (Å²) >= 11 is 0. The third kappa shape index (κ3) is 1.61. The van der Waals surface area contributed by atoms with E-state index in [1.54, 1.807) is 23.5 Å². The highest BCUT2D eigenvalue weighted by atomic mass is 16.2. The van der Waals surface area contributed by atoms with Crippen molar-refractivity contribution in [1.82, 2.24) is 15.0 Å². The highest BCUT2D eigenvalue weighted by molar-refractivity contribution is 5.97. The van der Waals surface area contributed by atoms with Crippen LogP contribution >= 0.6 is 0 Å². The van der Waals surface area contributed by atoms with Crippen LogP contribution in [0.1, 0.15) is 29.8 Å². The molecule has 0 bridgehead atoms. The molecule has 0 N–H and O–H groups in total. The molecule has 0 saturated carbocycles. The minimum atomic E-state index is 0.0728. The van der Waals surface area contributed by atoms with E-state index in [1.807, 2.05) is 12.1 Å². The van der Waals surface area contributed by atoms with Crippen LogP contribution in [0.4, 0.5) is 0 Å². The largest absolute Gasteiger partial charge is 0.268 e. The van der Waals surface area contributed by atoms with Crippen molar-refractivity contribution in [3.8, 4) is 0 Å². The lowest BCUT2D eigenvalue weighted by Gasteiger charge is -2.31. The Morgan fingerprint density at radius 2 is 2.27 bits per heavy atom. The molecule has 0 fully saturated rings. The summed E-state index contributed by atoms with van der Waals surface area (Å²) in [5.74, 6) is 0.0728. The molecule has 1 amide bonds. The summed E-state index contributed by atoms with van der Waals surface area (Å²) in [4.78, 5) is 16.0. The smallest absolute Gasteiger partial charge is 0.268 e. The molecule has 15 heavy (non-hydrogen) atoms. The summed E-state index contributed by atoms with van der Waals surface area (Å²) in [7, 11) is 1.93. The molecular weight excluding hydrogens is 190 g/mol. The molecule has 1 aliphatic rings. The molecule has 0 spiro atoms. The number of nitrogens with zero attached hydrogens (tertiary/aromatic N) is 3. The fraction of sp³-hybridized carbons (Fsp3) is 0.455. The fourth-order valence-corrected chi connectivity index (χ4v) is 1.67. The minimum Gasteiger partial charge on any atom is -0.268 e. The molecule has 0 atom stereocenters. The topological polar surface area (TPSA) is 36.4 Å². The van der Waals surface area contributed by atoms with E-state index in [2.05, 4.69) is 18.8 Å². The van der Waals surface area contributed by atoms with Crippen LogP contribution in [0.2, 0.25) is 0 Å². The average molecular weight is 205 g/mol. The molecule has 1 aliphatic heterocycles. The van der Waals surface area contributed by atoms with Gasteiger partial charge in [-0.3, -0.25) is 14.8 Å². The number of amides is 1. The van der Waals surface area contributed by atoms with Crippen molar-refractivity contribution in [1.29, 1.82) is 0 Å². The predicted molar refractivity (Wildman–Crippen MR) is 57.0 cm³/mol. The molecule has 0 radical (unpaired) electrons. The van der Waals surface area contributed by atoms with Gasteiger partial charge in [-0.2, -0.15) is 0 Å². The summed E-state index contributed by atoms with van der Waals surface area (Å²) in [5.41, 5.74) is 1.78. The molecule has 1 aromatic rings. The first-order chi connectivity index (χ1) is 7.11. The number of aromatic nitrogens is 1. The Balaban J connectivity index is 2.27. The number of carbonyl (C=O) groups excluding carboxylic acids is 1. The molecule has 4 heteroatoms. The predicted octanol–water partition coefficient (Wildman–Crippen LogP) is 1.29. The number of hydrogen-bond donors (Lipinski definition) is 0. The van der Waals surface area contributed by atoms with Crippen LogP contribution in [0.15, 0.2) is 18.5 Å². The van der Waals surface area contributed by atoms with Gasteiger partial charge in [-0.15, -0.1) is 0 Å². The molecule has 80 valence electrons. The van der Waals surface area contributed by atoms with Gasteiger partial charge < -0.3 is 0 Å². The molecule has 0 aromatic carbocycles. The van der Waals surface area contributed by atoms with Gasteiger partial charge in [-0.05, 0) is 19.9 Å². The Labute approximate surface area is 89.5 Å². The fourth-order valence-electron chi connectivity index (χ4n) is 1.67. The maximum atomic E-state index is 12.0. The van der Waals surface area contributed by atoms with Crippen LogP contribution in [-0.4, -0.2) is 34.0 Å². The van der Waals surface area contributed by atoms with Crippen LogP contribution in [0.25, 0.3) is 0 Å². The van der Waals surface area contributed by atoms with E-state index in [0.29, 0.717) is 12.6 Å². The molecular formula is C11H15N3O. The van der Waals surface area contributed by atoms with E-state index in [1.165, 1.54) is 0 Å². The zero-order valence-corrected chi connectivity index (χ0v) is 9.27. The van der Waals surface area contributed by atoms with Gasteiger partial charge in [0, 0.05) is 36.6 Å². The second kappa shape index (κ2) is 3.62. The summed E-state index contributed by atoms with van der Waals surface area (Å²) in [6.45, 7) is 4.76. The van der Waals surface area contributed by atoms with Crippen LogP contribution in [0, 0.1) is 0 Å². The van der Waals surface area contributed by atoms with E-state index >= 15 is 0 Å². The van der Waals surface area contributed by atoms with Gasteiger partial charge in [0.05, 0.1) is 6.54 Å². The summed E-state index contributed by atoms with van der Waals surface area (Å²) in [6, 6.07) is 2.10. The Morgan fingerprint density at radius 3 is 2.87 bits per heavy atom. The van der Waals surface area contributed by atoms with Crippen molar-refractivity contribution in [2.75, 3.05) is 7.05 Å². The van der Waals surface area contributed by atoms with Crippen molar-refractivity contribution < 1.29 is 4.79 Å². The first-order valence-corrected chi connectivity index (χ1v) is 5.08. The zero-order valence-electron chi connectivity index (χ0n) is 9.27. The number of rotatable bonds is 2. The molecule has 0 unspecified atom stereocenters. The first kappa shape index (κ1) is 10.1. The average Bonchev–Trinajstić information content (AvgIpc) is 2.56. The van der Waals surface area contributed by atoms with E-state index < -0.39 is 0 Å². The third-order valence-corrected chi connectivity index (χ3v) is 2.82. The van der Waals surface area contributed by atoms with Crippen molar-refractivity contribution in [3.05, 3.63) is 29.6 Å². The van der Waals surface area contributed by atoms with Gasteiger partial charge >= 0.3 is 0 Å². The highest BCUT2D eigenvalue weighted by Gasteiger charge is 2.30. The van der Waals surface area contributed by atoms with Crippen LogP contribution < -0.4 is 0 Å². The number of pyridine rings is 1. The Hall–Kier alpha value is -1.42. The maximum Gasteiger partial charge on any atom is 0.268 e. The first-order valence-electron chi connectivity index (χ1n) is 5.08. The number of carbonyl (C=O) groups is 1. The van der Waals surface area contributed by atoms with E-state index in [-0.39, 0.29) is 5.91 Å². The van der Waals surface area contributed by atoms with Gasteiger partial charge in [-0.1, -0.05) is 0 Å². The quantitative estimate of drug-likeness (QED) is 0.730. The number of fused-ring (bicyclic) bond motifs is 1. The molecule has 2 heterocycles. The van der Waals surface area contributed by atoms with Gasteiger partial charge in [0.15, 0.2) is 0 Å². The van der Waals surface area contributed by atoms with Gasteiger partial charge in [0.25, 0.3) is 5.91 Å². The molecule has 1 aromatic heterocycles. The number of hydrogen-bond acceptors (Lipinski definition) is 3. The van der Waals surface area contributed by atoms with E-state index in [4.69, 9.17) is 0 Å². The van der Waals surface area contributed by atoms with Gasteiger partial charge in [0.2, 0.25) is 0 Å². The maximum absolute atomic E-state index is 12.0. The van der Waals surface area contributed by atoms with Crippen LogP contribution in [0.3, 0.4) is 0 Å². The van der Waals surface area contributed by atoms with Crippen LogP contribution in [0.5, 0.6) is 0 Å². The molecule has 4 nitrogen and oxygen atoms in total. The summed E-state index contributed by atoms with van der Waals surface area (Å²) < 4.78 is 0. The minimum absolute atomic E-state index is 0.0728. The SMILES string of the molecule is CC(C)N(C)N1Cc2cnccc2C1=O. The zero-order chi connectivity index (χ0) is 11.0. The van der Waals surface area contributed by atoms with E-state index in [0.717, 1.165) is 11.1 Å². The lowest BCUT2D eigenvalue weighted by molar-refractivity contribution is -0.0103. The lowest BCUT2D eigenvalue weighted by Crippen LogP contribution is -2.43. The second-order valence-electron chi connectivity index (χ2n) is 4.06. The van der Waals surface area contributed by atoms with Crippen molar-refractivity contribution in [2.24, 2.45) is 0 Å². The molecule has 2 rings (SSSR count). The highest BCUT2D eigenvalue weighted by Crippen LogP contribution is 2.23. The van der Waals surface area contributed by atoms with Crippen molar-refractivity contribution in [2.45, 2.75) is 26.4 Å². The van der Waals surface area contributed by atoms with Gasteiger partial charge in [0.1, 0.15) is 0 Å². The Bertz CT molecular complexity index is 389. The number of hydrazine groups is 1. The summed E-state index contributed by atoms with van der Waals surface area (Å²) in [5, 5.41) is 3.72. The Kier molecular flexibility index (Phi) is 2.44. The third-order valence-electron chi connectivity index (χ3n) is 2.82. The second-order valence-corrected chi connectivity index (χ2v) is 4.06. The van der Waals surface area contributed by atoms with E-state index in [9.17, 15) is 4.79 Å². The molecule has 0 saturated heterocycles.